The Morgan fingerprint density at radius 2 is 2.22 bits per heavy atom. The molecule has 1 aliphatic carbocycles. The Bertz CT molecular complexity index is 545. The van der Waals surface area contributed by atoms with Crippen molar-refractivity contribution < 1.29 is 9.53 Å². The quantitative estimate of drug-likeness (QED) is 0.775. The molecule has 1 aromatic heterocycles. The number of aromatic nitrogens is 1. The van der Waals surface area contributed by atoms with Gasteiger partial charge in [0.05, 0.1) is 12.3 Å². The van der Waals surface area contributed by atoms with Crippen molar-refractivity contribution in [2.75, 3.05) is 19.7 Å². The fourth-order valence-corrected chi connectivity index (χ4v) is 3.44. The molecule has 2 heterocycles. The van der Waals surface area contributed by atoms with Gasteiger partial charge in [0.2, 0.25) is 11.8 Å². The highest BCUT2D eigenvalue weighted by Gasteiger charge is 2.35. The zero-order valence-electron chi connectivity index (χ0n) is 14.2. The van der Waals surface area contributed by atoms with Crippen LogP contribution < -0.4 is 4.74 Å². The summed E-state index contributed by atoms with van der Waals surface area (Å²) < 4.78 is 5.49. The van der Waals surface area contributed by atoms with Crippen LogP contribution in [0.15, 0.2) is 18.2 Å². The van der Waals surface area contributed by atoms with Gasteiger partial charge in [-0.15, -0.1) is 0 Å². The molecule has 0 spiro atoms. The Kier molecular flexibility index (Phi) is 5.16. The van der Waals surface area contributed by atoms with Crippen LogP contribution in [-0.4, -0.2) is 52.5 Å². The molecule has 5 heteroatoms. The SMILES string of the molecule is CCOc1cccc(CN2CCC[C@@H]2CN(C(C)=O)C2CC2)n1. The van der Waals surface area contributed by atoms with Crippen molar-refractivity contribution in [3.05, 3.63) is 23.9 Å². The van der Waals surface area contributed by atoms with Gasteiger partial charge in [0.25, 0.3) is 0 Å². The van der Waals surface area contributed by atoms with Gasteiger partial charge in [0, 0.05) is 38.2 Å². The number of ether oxygens (including phenoxy) is 1. The van der Waals surface area contributed by atoms with E-state index in [9.17, 15) is 4.79 Å². The summed E-state index contributed by atoms with van der Waals surface area (Å²) in [6, 6.07) is 6.91. The molecule has 1 atom stereocenters. The van der Waals surface area contributed by atoms with Crippen LogP contribution in [0.4, 0.5) is 0 Å². The predicted octanol–water partition coefficient (Wildman–Crippen LogP) is 2.46. The van der Waals surface area contributed by atoms with E-state index in [1.165, 1.54) is 25.7 Å². The molecule has 2 fully saturated rings. The second-order valence-electron chi connectivity index (χ2n) is 6.57. The first-order chi connectivity index (χ1) is 11.2. The third kappa shape index (κ3) is 4.22. The van der Waals surface area contributed by atoms with E-state index in [0.29, 0.717) is 24.6 Å². The molecule has 3 rings (SSSR count). The Labute approximate surface area is 138 Å². The molecule has 1 amide bonds. The maximum Gasteiger partial charge on any atom is 0.219 e. The molecule has 0 N–H and O–H groups in total. The van der Waals surface area contributed by atoms with E-state index in [0.717, 1.165) is 25.3 Å². The number of hydrogen-bond acceptors (Lipinski definition) is 4. The molecule has 2 aliphatic rings. The second kappa shape index (κ2) is 7.30. The van der Waals surface area contributed by atoms with Crippen molar-refractivity contribution in [1.29, 1.82) is 0 Å². The summed E-state index contributed by atoms with van der Waals surface area (Å²) in [5.74, 6) is 0.917. The summed E-state index contributed by atoms with van der Waals surface area (Å²) in [4.78, 5) is 21.0. The smallest absolute Gasteiger partial charge is 0.219 e. The summed E-state index contributed by atoms with van der Waals surface area (Å²) >= 11 is 0. The summed E-state index contributed by atoms with van der Waals surface area (Å²) in [6.07, 6.45) is 4.71. The minimum atomic E-state index is 0.218. The molecule has 126 valence electrons. The molecule has 1 aliphatic heterocycles. The molecule has 1 aromatic rings. The fourth-order valence-electron chi connectivity index (χ4n) is 3.44. The summed E-state index contributed by atoms with van der Waals surface area (Å²) in [5, 5.41) is 0. The monoisotopic (exact) mass is 317 g/mol. The van der Waals surface area contributed by atoms with E-state index < -0.39 is 0 Å². The van der Waals surface area contributed by atoms with Gasteiger partial charge in [-0.2, -0.15) is 0 Å². The standard InChI is InChI=1S/C18H27N3O2/c1-3-23-18-8-4-6-15(19-18)12-20-11-5-7-17(20)13-21(14(2)22)16-9-10-16/h4,6,8,16-17H,3,5,7,9-13H2,1-2H3/t17-/m1/s1. The van der Waals surface area contributed by atoms with Crippen LogP contribution in [0.2, 0.25) is 0 Å². The van der Waals surface area contributed by atoms with Crippen LogP contribution in [0.1, 0.15) is 45.2 Å². The average molecular weight is 317 g/mol. The van der Waals surface area contributed by atoms with Crippen LogP contribution >= 0.6 is 0 Å². The largest absolute Gasteiger partial charge is 0.478 e. The highest BCUT2D eigenvalue weighted by atomic mass is 16.5. The lowest BCUT2D eigenvalue weighted by Crippen LogP contribution is -2.43. The normalized spacial score (nSPS) is 21.4. The minimum absolute atomic E-state index is 0.218. The molecule has 1 saturated carbocycles. The minimum Gasteiger partial charge on any atom is -0.478 e. The van der Waals surface area contributed by atoms with E-state index in [2.05, 4.69) is 20.9 Å². The van der Waals surface area contributed by atoms with Crippen LogP contribution in [0, 0.1) is 0 Å². The van der Waals surface area contributed by atoms with Crippen molar-refractivity contribution in [3.63, 3.8) is 0 Å². The molecule has 1 saturated heterocycles. The van der Waals surface area contributed by atoms with Crippen molar-refractivity contribution in [2.45, 2.75) is 58.2 Å². The molecular formula is C18H27N3O2. The van der Waals surface area contributed by atoms with Crippen LogP contribution in [0.25, 0.3) is 0 Å². The van der Waals surface area contributed by atoms with Gasteiger partial charge in [-0.3, -0.25) is 9.69 Å². The number of pyridine rings is 1. The van der Waals surface area contributed by atoms with Gasteiger partial charge < -0.3 is 9.64 Å². The number of amides is 1. The predicted molar refractivity (Wildman–Crippen MR) is 89.2 cm³/mol. The fraction of sp³-hybridized carbons (Fsp3) is 0.667. The summed E-state index contributed by atoms with van der Waals surface area (Å²) in [5.41, 5.74) is 1.05. The van der Waals surface area contributed by atoms with Crippen molar-refractivity contribution in [2.24, 2.45) is 0 Å². The zero-order valence-corrected chi connectivity index (χ0v) is 14.2. The topological polar surface area (TPSA) is 45.7 Å². The zero-order chi connectivity index (χ0) is 16.2. The van der Waals surface area contributed by atoms with Gasteiger partial charge in [-0.25, -0.2) is 4.98 Å². The molecule has 0 aromatic carbocycles. The van der Waals surface area contributed by atoms with Gasteiger partial charge in [0.1, 0.15) is 0 Å². The third-order valence-electron chi connectivity index (χ3n) is 4.74. The maximum absolute atomic E-state index is 11.9. The molecule has 23 heavy (non-hydrogen) atoms. The number of nitrogens with zero attached hydrogens (tertiary/aromatic N) is 3. The molecule has 0 radical (unpaired) electrons. The van der Waals surface area contributed by atoms with E-state index in [1.54, 1.807) is 6.92 Å². The van der Waals surface area contributed by atoms with Crippen LogP contribution in [0.5, 0.6) is 5.88 Å². The first kappa shape index (κ1) is 16.2. The Morgan fingerprint density at radius 1 is 1.39 bits per heavy atom. The first-order valence-corrected chi connectivity index (χ1v) is 8.77. The maximum atomic E-state index is 11.9. The lowest BCUT2D eigenvalue weighted by molar-refractivity contribution is -0.130. The van der Waals surface area contributed by atoms with Crippen LogP contribution in [-0.2, 0) is 11.3 Å². The Hall–Kier alpha value is -1.62. The molecule has 0 bridgehead atoms. The summed E-state index contributed by atoms with van der Waals surface area (Å²) in [7, 11) is 0. The molecular weight excluding hydrogens is 290 g/mol. The van der Waals surface area contributed by atoms with Crippen molar-refractivity contribution in [3.8, 4) is 5.88 Å². The van der Waals surface area contributed by atoms with Gasteiger partial charge in [0.15, 0.2) is 0 Å². The van der Waals surface area contributed by atoms with Gasteiger partial charge >= 0.3 is 0 Å². The van der Waals surface area contributed by atoms with E-state index >= 15 is 0 Å². The lowest BCUT2D eigenvalue weighted by atomic mass is 10.2. The summed E-state index contributed by atoms with van der Waals surface area (Å²) in [6.45, 7) is 7.09. The highest BCUT2D eigenvalue weighted by molar-refractivity contribution is 5.74. The Balaban J connectivity index is 1.62. The first-order valence-electron chi connectivity index (χ1n) is 8.77. The van der Waals surface area contributed by atoms with E-state index in [1.807, 2.05) is 19.1 Å². The number of hydrogen-bond donors (Lipinski definition) is 0. The van der Waals surface area contributed by atoms with Gasteiger partial charge in [-0.1, -0.05) is 6.07 Å². The number of likely N-dealkylation sites (tertiary alicyclic amines) is 1. The van der Waals surface area contributed by atoms with E-state index in [4.69, 9.17) is 4.74 Å². The molecule has 5 nitrogen and oxygen atoms in total. The van der Waals surface area contributed by atoms with Crippen molar-refractivity contribution >= 4 is 5.91 Å². The average Bonchev–Trinajstić information content (AvgIpc) is 3.27. The Morgan fingerprint density at radius 3 is 2.91 bits per heavy atom. The van der Waals surface area contributed by atoms with E-state index in [-0.39, 0.29) is 5.91 Å². The number of carbonyl (C=O) groups excluding carboxylic acids is 1. The molecule has 0 unspecified atom stereocenters. The second-order valence-corrected chi connectivity index (χ2v) is 6.57. The number of carbonyl (C=O) groups is 1. The van der Waals surface area contributed by atoms with Crippen LogP contribution in [0.3, 0.4) is 0 Å². The lowest BCUT2D eigenvalue weighted by Gasteiger charge is -2.30. The number of rotatable bonds is 7. The van der Waals surface area contributed by atoms with Gasteiger partial charge in [-0.05, 0) is 45.2 Å². The third-order valence-corrected chi connectivity index (χ3v) is 4.74. The van der Waals surface area contributed by atoms with Crippen molar-refractivity contribution in [1.82, 2.24) is 14.8 Å². The highest BCUT2D eigenvalue weighted by Crippen LogP contribution is 2.29.